The van der Waals surface area contributed by atoms with Crippen molar-refractivity contribution >= 4 is 28.6 Å². The Hall–Kier alpha value is -3.50. The third-order valence-electron chi connectivity index (χ3n) is 5.03. The number of nitrogens with one attached hydrogen (secondary N) is 1. The van der Waals surface area contributed by atoms with Gasteiger partial charge in [-0.1, -0.05) is 0 Å². The fourth-order valence-corrected chi connectivity index (χ4v) is 3.84. The highest BCUT2D eigenvalue weighted by Gasteiger charge is 2.31. The van der Waals surface area contributed by atoms with Gasteiger partial charge in [-0.2, -0.15) is 18.3 Å². The predicted octanol–water partition coefficient (Wildman–Crippen LogP) is 3.68. The van der Waals surface area contributed by atoms with Gasteiger partial charge in [0, 0.05) is 30.6 Å². The molecule has 1 aromatic carbocycles. The van der Waals surface area contributed by atoms with Gasteiger partial charge in [-0.3, -0.25) is 14.0 Å². The van der Waals surface area contributed by atoms with Crippen LogP contribution in [0.4, 0.5) is 23.7 Å². The molecule has 1 aliphatic rings. The van der Waals surface area contributed by atoms with Crippen molar-refractivity contribution in [3.05, 3.63) is 41.9 Å². The summed E-state index contributed by atoms with van der Waals surface area (Å²) >= 11 is 0. The van der Waals surface area contributed by atoms with Crippen molar-refractivity contribution in [3.8, 4) is 5.75 Å². The SMILES string of the molecule is CC(=O)Nc1cn(C(=O)O)c2ccc(OCC3Cc4cn(CC(F)(F)F)nc4C3)cc12. The third kappa shape index (κ3) is 4.49. The fraction of sp³-hybridized carbons (Fsp3) is 0.350. The number of fused-ring (bicyclic) bond motifs is 2. The molecule has 3 aromatic rings. The van der Waals surface area contributed by atoms with Crippen LogP contribution in [0.15, 0.2) is 30.6 Å². The Kier molecular flexibility index (Phi) is 5.11. The number of anilines is 1. The van der Waals surface area contributed by atoms with E-state index in [0.717, 1.165) is 14.8 Å². The van der Waals surface area contributed by atoms with Crippen molar-refractivity contribution in [2.45, 2.75) is 32.5 Å². The first-order valence-electron chi connectivity index (χ1n) is 9.50. The van der Waals surface area contributed by atoms with Crippen molar-refractivity contribution in [1.82, 2.24) is 14.3 Å². The second-order valence-corrected chi connectivity index (χ2v) is 7.55. The Morgan fingerprint density at radius 3 is 2.71 bits per heavy atom. The number of aromatic nitrogens is 3. The van der Waals surface area contributed by atoms with Crippen LogP contribution in [-0.2, 0) is 24.2 Å². The van der Waals surface area contributed by atoms with Gasteiger partial charge in [0.15, 0.2) is 0 Å². The van der Waals surface area contributed by atoms with E-state index >= 15 is 0 Å². The van der Waals surface area contributed by atoms with Crippen molar-refractivity contribution in [2.24, 2.45) is 5.92 Å². The monoisotopic (exact) mass is 436 g/mol. The molecule has 31 heavy (non-hydrogen) atoms. The lowest BCUT2D eigenvalue weighted by atomic mass is 10.1. The van der Waals surface area contributed by atoms with Crippen LogP contribution in [0.5, 0.6) is 5.75 Å². The average Bonchev–Trinajstić information content (AvgIpc) is 3.29. The van der Waals surface area contributed by atoms with Crippen molar-refractivity contribution in [3.63, 3.8) is 0 Å². The molecule has 11 heteroatoms. The Labute approximate surface area is 174 Å². The number of carbonyl (C=O) groups is 2. The minimum Gasteiger partial charge on any atom is -0.493 e. The molecule has 164 valence electrons. The van der Waals surface area contributed by atoms with Crippen LogP contribution in [0, 0.1) is 5.92 Å². The first-order valence-corrected chi connectivity index (χ1v) is 9.50. The molecule has 1 aliphatic carbocycles. The highest BCUT2D eigenvalue weighted by Crippen LogP contribution is 2.31. The maximum atomic E-state index is 12.5. The lowest BCUT2D eigenvalue weighted by molar-refractivity contribution is -0.142. The molecule has 0 saturated heterocycles. The summed E-state index contributed by atoms with van der Waals surface area (Å²) in [5.74, 6) is 0.239. The van der Waals surface area contributed by atoms with E-state index in [9.17, 15) is 27.9 Å². The van der Waals surface area contributed by atoms with E-state index in [1.165, 1.54) is 19.3 Å². The van der Waals surface area contributed by atoms with Crippen LogP contribution in [0.25, 0.3) is 10.9 Å². The number of carbonyl (C=O) groups excluding carboxylic acids is 1. The highest BCUT2D eigenvalue weighted by atomic mass is 19.4. The molecular formula is C20H19F3N4O4. The number of rotatable bonds is 5. The summed E-state index contributed by atoms with van der Waals surface area (Å²) in [4.78, 5) is 22.9. The Morgan fingerprint density at radius 1 is 1.29 bits per heavy atom. The van der Waals surface area contributed by atoms with Gasteiger partial charge in [0.1, 0.15) is 12.3 Å². The first-order chi connectivity index (χ1) is 14.6. The molecule has 0 radical (unpaired) electrons. The van der Waals surface area contributed by atoms with Gasteiger partial charge in [0.05, 0.1) is 23.5 Å². The lowest BCUT2D eigenvalue weighted by Gasteiger charge is -2.12. The van der Waals surface area contributed by atoms with Crippen LogP contribution in [0.3, 0.4) is 0 Å². The zero-order valence-electron chi connectivity index (χ0n) is 16.4. The molecular weight excluding hydrogens is 417 g/mol. The Morgan fingerprint density at radius 2 is 2.06 bits per heavy atom. The predicted molar refractivity (Wildman–Crippen MR) is 104 cm³/mol. The Balaban J connectivity index is 1.45. The highest BCUT2D eigenvalue weighted by molar-refractivity contribution is 6.04. The number of carboxylic acid groups (broad SMARTS) is 1. The molecule has 0 saturated carbocycles. The van der Waals surface area contributed by atoms with Gasteiger partial charge in [0.2, 0.25) is 5.91 Å². The lowest BCUT2D eigenvalue weighted by Crippen LogP contribution is -2.19. The smallest absolute Gasteiger partial charge is 0.416 e. The first kappa shape index (κ1) is 20.8. The molecule has 2 heterocycles. The van der Waals surface area contributed by atoms with Crippen molar-refractivity contribution < 1.29 is 32.6 Å². The minimum atomic E-state index is -4.31. The van der Waals surface area contributed by atoms with Crippen molar-refractivity contribution in [2.75, 3.05) is 11.9 Å². The summed E-state index contributed by atoms with van der Waals surface area (Å²) in [6, 6.07) is 4.88. The number of halogens is 3. The average molecular weight is 436 g/mol. The normalized spacial score (nSPS) is 15.8. The van der Waals surface area contributed by atoms with E-state index in [0.29, 0.717) is 47.5 Å². The largest absolute Gasteiger partial charge is 0.493 e. The van der Waals surface area contributed by atoms with Gasteiger partial charge in [-0.25, -0.2) is 4.79 Å². The van der Waals surface area contributed by atoms with Crippen LogP contribution in [0.2, 0.25) is 0 Å². The summed E-state index contributed by atoms with van der Waals surface area (Å²) in [6.07, 6.45) is -1.63. The molecule has 0 fully saturated rings. The quantitative estimate of drug-likeness (QED) is 0.636. The topological polar surface area (TPSA) is 98.4 Å². The van der Waals surface area contributed by atoms with E-state index in [1.54, 1.807) is 18.2 Å². The molecule has 0 bridgehead atoms. The van der Waals surface area contributed by atoms with Crippen LogP contribution >= 0.6 is 0 Å². The second kappa shape index (κ2) is 7.64. The number of hydrogen-bond acceptors (Lipinski definition) is 4. The fourth-order valence-electron chi connectivity index (χ4n) is 3.84. The summed E-state index contributed by atoms with van der Waals surface area (Å²) in [5, 5.41) is 16.5. The van der Waals surface area contributed by atoms with E-state index in [-0.39, 0.29) is 11.8 Å². The summed E-state index contributed by atoms with van der Waals surface area (Å²) in [5.41, 5.74) is 2.21. The van der Waals surface area contributed by atoms with Crippen molar-refractivity contribution in [1.29, 1.82) is 0 Å². The molecule has 2 aromatic heterocycles. The number of nitrogens with zero attached hydrogens (tertiary/aromatic N) is 3. The summed E-state index contributed by atoms with van der Waals surface area (Å²) < 4.78 is 45.3. The minimum absolute atomic E-state index is 0.0761. The standard InChI is InChI=1S/C20H19F3N4O4/c1-11(28)24-17-8-27(19(29)30)18-3-2-14(6-15(17)18)31-9-12-4-13-7-26(10-20(21,22)23)25-16(13)5-12/h2-3,6-8,12H,4-5,9-10H2,1H3,(H,24,28)(H,29,30). The van der Waals surface area contributed by atoms with Crippen LogP contribution in [-0.4, -0.2) is 44.2 Å². The number of hydrogen-bond donors (Lipinski definition) is 2. The number of alkyl halides is 3. The van der Waals surface area contributed by atoms with Gasteiger partial charge in [-0.05, 0) is 36.6 Å². The maximum Gasteiger partial charge on any atom is 0.416 e. The van der Waals surface area contributed by atoms with Gasteiger partial charge < -0.3 is 15.2 Å². The van der Waals surface area contributed by atoms with Gasteiger partial charge in [0.25, 0.3) is 0 Å². The molecule has 0 aliphatic heterocycles. The van der Waals surface area contributed by atoms with E-state index in [4.69, 9.17) is 4.74 Å². The molecule has 4 rings (SSSR count). The third-order valence-corrected chi connectivity index (χ3v) is 5.03. The summed E-state index contributed by atoms with van der Waals surface area (Å²) in [6.45, 7) is 0.554. The van der Waals surface area contributed by atoms with Gasteiger partial charge >= 0.3 is 12.3 Å². The number of ether oxygens (including phenoxy) is 1. The molecule has 8 nitrogen and oxygen atoms in total. The maximum absolute atomic E-state index is 12.5. The van der Waals surface area contributed by atoms with E-state index in [2.05, 4.69) is 10.4 Å². The number of benzene rings is 1. The summed E-state index contributed by atoms with van der Waals surface area (Å²) in [7, 11) is 0. The molecule has 0 spiro atoms. The molecule has 1 amide bonds. The van der Waals surface area contributed by atoms with E-state index in [1.807, 2.05) is 0 Å². The van der Waals surface area contributed by atoms with Crippen LogP contribution < -0.4 is 10.1 Å². The molecule has 1 unspecified atom stereocenters. The van der Waals surface area contributed by atoms with Crippen LogP contribution in [0.1, 0.15) is 18.2 Å². The number of amides is 1. The van der Waals surface area contributed by atoms with Gasteiger partial charge in [-0.15, -0.1) is 0 Å². The molecule has 1 atom stereocenters. The second-order valence-electron chi connectivity index (χ2n) is 7.55. The zero-order chi connectivity index (χ0) is 22.3. The Bertz CT molecular complexity index is 1140. The zero-order valence-corrected chi connectivity index (χ0v) is 16.4. The molecule has 2 N–H and O–H groups in total. The van der Waals surface area contributed by atoms with E-state index < -0.39 is 18.8 Å².